The monoisotopic (exact) mass is 488 g/mol. The first kappa shape index (κ1) is 23.1. The average Bonchev–Trinajstić information content (AvgIpc) is 3.22. The van der Waals surface area contributed by atoms with Gasteiger partial charge in [-0.25, -0.2) is 13.2 Å². The average molecular weight is 489 g/mol. The van der Waals surface area contributed by atoms with Gasteiger partial charge in [0.05, 0.1) is 10.6 Å². The highest BCUT2D eigenvalue weighted by atomic mass is 35.5. The van der Waals surface area contributed by atoms with Crippen LogP contribution in [0, 0.1) is 11.3 Å². The van der Waals surface area contributed by atoms with Crippen molar-refractivity contribution in [2.75, 3.05) is 11.6 Å². The van der Waals surface area contributed by atoms with Crippen molar-refractivity contribution >= 4 is 56.1 Å². The van der Waals surface area contributed by atoms with Gasteiger partial charge in [0.2, 0.25) is 15.0 Å². The maximum absolute atomic E-state index is 12.3. The molecule has 162 valence electrons. The molecule has 0 aliphatic rings. The van der Waals surface area contributed by atoms with E-state index in [9.17, 15) is 23.3 Å². The molecule has 0 saturated heterocycles. The Bertz CT molecular complexity index is 1360. The molecule has 3 aromatic rings. The van der Waals surface area contributed by atoms with Crippen LogP contribution in [0.2, 0.25) is 5.02 Å². The predicted molar refractivity (Wildman–Crippen MR) is 118 cm³/mol. The van der Waals surface area contributed by atoms with Crippen molar-refractivity contribution in [2.45, 2.75) is 5.16 Å². The number of esters is 1. The minimum absolute atomic E-state index is 0.0570. The van der Waals surface area contributed by atoms with Crippen LogP contribution in [0.25, 0.3) is 6.08 Å². The van der Waals surface area contributed by atoms with Crippen LogP contribution in [0.3, 0.4) is 0 Å². The molecular formula is C20H13ClN4O5S2. The van der Waals surface area contributed by atoms with E-state index in [1.54, 1.807) is 36.4 Å². The molecule has 0 fully saturated rings. The Morgan fingerprint density at radius 1 is 1.19 bits per heavy atom. The van der Waals surface area contributed by atoms with Gasteiger partial charge in [-0.3, -0.25) is 10.1 Å². The van der Waals surface area contributed by atoms with Gasteiger partial charge in [-0.1, -0.05) is 35.9 Å². The normalized spacial score (nSPS) is 11.5. The summed E-state index contributed by atoms with van der Waals surface area (Å²) in [4.78, 5) is 28.2. The van der Waals surface area contributed by atoms with Crippen molar-refractivity contribution in [3.05, 3.63) is 70.3 Å². The minimum atomic E-state index is -3.61. The summed E-state index contributed by atoms with van der Waals surface area (Å²) >= 11 is 6.66. The van der Waals surface area contributed by atoms with Gasteiger partial charge in [0.1, 0.15) is 17.4 Å². The molecule has 0 aliphatic heterocycles. The minimum Gasteiger partial charge on any atom is -0.423 e. The highest BCUT2D eigenvalue weighted by Gasteiger charge is 2.17. The van der Waals surface area contributed by atoms with Gasteiger partial charge in [0.25, 0.3) is 11.1 Å². The zero-order valence-electron chi connectivity index (χ0n) is 16.3. The van der Waals surface area contributed by atoms with Gasteiger partial charge in [0, 0.05) is 17.8 Å². The molecule has 1 aromatic heterocycles. The van der Waals surface area contributed by atoms with E-state index in [-0.39, 0.29) is 27.0 Å². The summed E-state index contributed by atoms with van der Waals surface area (Å²) in [5, 5.41) is 11.4. The largest absolute Gasteiger partial charge is 0.423 e. The Morgan fingerprint density at radius 2 is 1.88 bits per heavy atom. The molecule has 2 aromatic carbocycles. The van der Waals surface area contributed by atoms with E-state index in [4.69, 9.17) is 16.3 Å². The number of sulfone groups is 1. The van der Waals surface area contributed by atoms with Crippen LogP contribution >= 0.6 is 23.1 Å². The van der Waals surface area contributed by atoms with E-state index in [1.807, 2.05) is 0 Å². The number of halogens is 1. The number of aromatic nitrogens is 2. The number of hydrogen-bond donors (Lipinski definition) is 1. The topological polar surface area (TPSA) is 139 Å². The molecule has 12 heteroatoms. The molecule has 0 saturated carbocycles. The van der Waals surface area contributed by atoms with Crippen molar-refractivity contribution < 1.29 is 22.7 Å². The lowest BCUT2D eigenvalue weighted by Gasteiger charge is -2.06. The first-order valence-corrected chi connectivity index (χ1v) is 11.8. The second-order valence-electron chi connectivity index (χ2n) is 6.22. The van der Waals surface area contributed by atoms with E-state index in [1.165, 1.54) is 24.3 Å². The molecule has 1 N–H and O–H groups in total. The SMILES string of the molecule is CS(=O)(=O)c1nsc(NC(=O)/C(C#N)=C\c2ccc(OC(=O)c3ccccc3Cl)cc2)n1. The quantitative estimate of drug-likeness (QED) is 0.241. The second kappa shape index (κ2) is 9.69. The summed E-state index contributed by atoms with van der Waals surface area (Å²) in [5.74, 6) is -1.16. The molecule has 0 radical (unpaired) electrons. The fraction of sp³-hybridized carbons (Fsp3) is 0.0500. The number of benzene rings is 2. The highest BCUT2D eigenvalue weighted by Crippen LogP contribution is 2.20. The first-order chi connectivity index (χ1) is 15.2. The zero-order valence-corrected chi connectivity index (χ0v) is 18.7. The van der Waals surface area contributed by atoms with Crippen LogP contribution in [0.5, 0.6) is 5.75 Å². The number of nitrogens with zero attached hydrogens (tertiary/aromatic N) is 3. The van der Waals surface area contributed by atoms with Crippen LogP contribution in [0.4, 0.5) is 5.13 Å². The van der Waals surface area contributed by atoms with Crippen LogP contribution in [0.1, 0.15) is 15.9 Å². The number of ether oxygens (including phenoxy) is 1. The van der Waals surface area contributed by atoms with Crippen molar-refractivity contribution in [2.24, 2.45) is 0 Å². The summed E-state index contributed by atoms with van der Waals surface area (Å²) < 4.78 is 31.8. The molecule has 0 bridgehead atoms. The van der Waals surface area contributed by atoms with E-state index in [0.29, 0.717) is 17.1 Å². The lowest BCUT2D eigenvalue weighted by molar-refractivity contribution is -0.112. The Labute approximate surface area is 192 Å². The number of hydrogen-bond acceptors (Lipinski definition) is 9. The van der Waals surface area contributed by atoms with Crippen LogP contribution in [-0.4, -0.2) is 35.9 Å². The number of nitriles is 1. The van der Waals surface area contributed by atoms with E-state index >= 15 is 0 Å². The molecule has 0 aliphatic carbocycles. The maximum atomic E-state index is 12.3. The summed E-state index contributed by atoms with van der Waals surface area (Å²) in [6.45, 7) is 0. The number of rotatable bonds is 6. The first-order valence-electron chi connectivity index (χ1n) is 8.71. The summed E-state index contributed by atoms with van der Waals surface area (Å²) in [5.41, 5.74) is 0.461. The molecule has 1 amide bonds. The van der Waals surface area contributed by atoms with Gasteiger partial charge in [-0.2, -0.15) is 14.6 Å². The van der Waals surface area contributed by atoms with Crippen LogP contribution < -0.4 is 10.1 Å². The van der Waals surface area contributed by atoms with Crippen molar-refractivity contribution in [3.8, 4) is 11.8 Å². The summed E-state index contributed by atoms with van der Waals surface area (Å²) in [7, 11) is -3.61. The van der Waals surface area contributed by atoms with Crippen molar-refractivity contribution in [1.82, 2.24) is 9.36 Å². The molecular weight excluding hydrogens is 476 g/mol. The van der Waals surface area contributed by atoms with Crippen molar-refractivity contribution in [1.29, 1.82) is 5.26 Å². The Balaban J connectivity index is 1.70. The number of anilines is 1. The van der Waals surface area contributed by atoms with Gasteiger partial charge < -0.3 is 4.74 Å². The van der Waals surface area contributed by atoms with Gasteiger partial charge in [0.15, 0.2) is 0 Å². The molecule has 9 nitrogen and oxygen atoms in total. The molecule has 0 atom stereocenters. The lowest BCUT2D eigenvalue weighted by Crippen LogP contribution is -2.13. The van der Waals surface area contributed by atoms with Gasteiger partial charge in [-0.05, 0) is 35.9 Å². The van der Waals surface area contributed by atoms with Crippen LogP contribution in [0.15, 0.2) is 59.3 Å². The van der Waals surface area contributed by atoms with E-state index in [2.05, 4.69) is 14.7 Å². The third-order valence-corrected chi connectivity index (χ3v) is 5.74. The molecule has 1 heterocycles. The Kier molecular flexibility index (Phi) is 6.99. The van der Waals surface area contributed by atoms with E-state index < -0.39 is 26.9 Å². The van der Waals surface area contributed by atoms with Crippen LogP contribution in [-0.2, 0) is 14.6 Å². The number of carbonyl (C=O) groups excluding carboxylic acids is 2. The standard InChI is InChI=1S/C20H13ClN4O5S2/c1-32(28,29)20-24-19(31-25-20)23-17(26)13(11-22)10-12-6-8-14(9-7-12)30-18(27)15-4-2-3-5-16(15)21/h2-10H,1H3,(H,23,24,25,26)/b13-10-. The molecule has 0 unspecified atom stereocenters. The smallest absolute Gasteiger partial charge is 0.345 e. The zero-order chi connectivity index (χ0) is 23.3. The number of carbonyl (C=O) groups is 2. The van der Waals surface area contributed by atoms with Crippen molar-refractivity contribution in [3.63, 3.8) is 0 Å². The fourth-order valence-corrected chi connectivity index (χ4v) is 3.96. The lowest BCUT2D eigenvalue weighted by atomic mass is 10.1. The molecule has 3 rings (SSSR count). The highest BCUT2D eigenvalue weighted by molar-refractivity contribution is 7.90. The third kappa shape index (κ3) is 5.76. The Hall–Kier alpha value is -3.59. The third-order valence-electron chi connectivity index (χ3n) is 3.82. The predicted octanol–water partition coefficient (Wildman–Crippen LogP) is 3.36. The molecule has 0 spiro atoms. The summed E-state index contributed by atoms with van der Waals surface area (Å²) in [6, 6.07) is 14.3. The Morgan fingerprint density at radius 3 is 2.47 bits per heavy atom. The number of nitrogens with one attached hydrogen (secondary N) is 1. The number of amides is 1. The van der Waals surface area contributed by atoms with Gasteiger partial charge >= 0.3 is 5.97 Å². The maximum Gasteiger partial charge on any atom is 0.345 e. The van der Waals surface area contributed by atoms with E-state index in [0.717, 1.165) is 6.26 Å². The fourth-order valence-electron chi connectivity index (χ4n) is 2.31. The second-order valence-corrected chi connectivity index (χ2v) is 9.29. The summed E-state index contributed by atoms with van der Waals surface area (Å²) in [6.07, 6.45) is 2.25. The molecule has 32 heavy (non-hydrogen) atoms. The van der Waals surface area contributed by atoms with Gasteiger partial charge in [-0.15, -0.1) is 0 Å².